The number of carbonyl (C=O) groups excluding carboxylic acids is 2. The molecule has 5 heteroatoms. The highest BCUT2D eigenvalue weighted by molar-refractivity contribution is 5.97. The molecule has 0 radical (unpaired) electrons. The highest BCUT2D eigenvalue weighted by Crippen LogP contribution is 2.20. The van der Waals surface area contributed by atoms with Crippen molar-refractivity contribution in [3.63, 3.8) is 0 Å². The summed E-state index contributed by atoms with van der Waals surface area (Å²) in [6, 6.07) is 14.4. The summed E-state index contributed by atoms with van der Waals surface area (Å²) in [5.41, 5.74) is 1.86. The second-order valence-electron chi connectivity index (χ2n) is 7.55. The maximum Gasteiger partial charge on any atom is 0.265 e. The summed E-state index contributed by atoms with van der Waals surface area (Å²) in [4.78, 5) is 24.7. The van der Waals surface area contributed by atoms with Crippen LogP contribution >= 0.6 is 0 Å². The van der Waals surface area contributed by atoms with Crippen LogP contribution in [0, 0.1) is 6.92 Å². The number of amides is 2. The maximum atomic E-state index is 12.6. The van der Waals surface area contributed by atoms with E-state index in [1.54, 1.807) is 24.3 Å². The smallest absolute Gasteiger partial charge is 0.265 e. The molecule has 2 rings (SSSR count). The van der Waals surface area contributed by atoms with Gasteiger partial charge in [0.1, 0.15) is 5.75 Å². The van der Waals surface area contributed by atoms with Crippen LogP contribution in [0.25, 0.3) is 0 Å². The molecule has 0 aliphatic heterocycles. The molecule has 0 heterocycles. The van der Waals surface area contributed by atoms with Crippen LogP contribution in [0.2, 0.25) is 0 Å². The number of nitrogens with one attached hydrogen (secondary N) is 2. The Kier molecular flexibility index (Phi) is 6.61. The zero-order valence-corrected chi connectivity index (χ0v) is 16.6. The second kappa shape index (κ2) is 8.71. The van der Waals surface area contributed by atoms with E-state index in [0.717, 1.165) is 5.56 Å². The zero-order valence-electron chi connectivity index (χ0n) is 16.6. The molecule has 1 unspecified atom stereocenters. The topological polar surface area (TPSA) is 67.4 Å². The minimum absolute atomic E-state index is 0.144. The zero-order chi connectivity index (χ0) is 20.0. The van der Waals surface area contributed by atoms with Crippen molar-refractivity contribution in [1.82, 2.24) is 5.32 Å². The molecule has 1 atom stereocenters. The van der Waals surface area contributed by atoms with Crippen LogP contribution in [0.1, 0.15) is 50.0 Å². The predicted molar refractivity (Wildman–Crippen MR) is 108 cm³/mol. The van der Waals surface area contributed by atoms with Crippen molar-refractivity contribution in [1.29, 1.82) is 0 Å². The Labute approximate surface area is 161 Å². The van der Waals surface area contributed by atoms with Gasteiger partial charge in [-0.2, -0.15) is 0 Å². The summed E-state index contributed by atoms with van der Waals surface area (Å²) in [7, 11) is 0. The monoisotopic (exact) mass is 368 g/mol. The Morgan fingerprint density at radius 3 is 2.22 bits per heavy atom. The standard InChI is InChI=1S/C22H28N2O3/c1-6-18(27-19-10-8-7-9-15(19)2)21(26)23-17-13-11-16(12-14-17)20(25)24-22(3,4)5/h7-14,18H,6H2,1-5H3,(H,23,26)(H,24,25). The van der Waals surface area contributed by atoms with Gasteiger partial charge in [0.15, 0.2) is 6.10 Å². The van der Waals surface area contributed by atoms with Gasteiger partial charge in [-0.1, -0.05) is 25.1 Å². The molecule has 27 heavy (non-hydrogen) atoms. The fourth-order valence-electron chi connectivity index (χ4n) is 2.50. The van der Waals surface area contributed by atoms with Gasteiger partial charge in [-0.3, -0.25) is 9.59 Å². The molecule has 5 nitrogen and oxygen atoms in total. The average Bonchev–Trinajstić information content (AvgIpc) is 2.60. The van der Waals surface area contributed by atoms with E-state index in [1.165, 1.54) is 0 Å². The summed E-state index contributed by atoms with van der Waals surface area (Å²) < 4.78 is 5.87. The van der Waals surface area contributed by atoms with Gasteiger partial charge in [0, 0.05) is 16.8 Å². The average molecular weight is 368 g/mol. The molecule has 2 aromatic rings. The molecule has 0 saturated heterocycles. The third-order valence-corrected chi connectivity index (χ3v) is 3.93. The first kappa shape index (κ1) is 20.5. The molecule has 2 amide bonds. The van der Waals surface area contributed by atoms with Crippen molar-refractivity contribution in [2.45, 2.75) is 52.7 Å². The van der Waals surface area contributed by atoms with E-state index in [4.69, 9.17) is 4.74 Å². The first-order chi connectivity index (χ1) is 12.7. The first-order valence-electron chi connectivity index (χ1n) is 9.15. The van der Waals surface area contributed by atoms with Gasteiger partial charge in [-0.15, -0.1) is 0 Å². The highest BCUT2D eigenvalue weighted by Gasteiger charge is 2.20. The lowest BCUT2D eigenvalue weighted by Gasteiger charge is -2.20. The summed E-state index contributed by atoms with van der Waals surface area (Å²) >= 11 is 0. The van der Waals surface area contributed by atoms with Gasteiger partial charge in [0.25, 0.3) is 11.8 Å². The van der Waals surface area contributed by atoms with Crippen LogP contribution in [0.15, 0.2) is 48.5 Å². The van der Waals surface area contributed by atoms with E-state index in [0.29, 0.717) is 23.4 Å². The van der Waals surface area contributed by atoms with Crippen molar-refractivity contribution in [3.05, 3.63) is 59.7 Å². The predicted octanol–water partition coefficient (Wildman–Crippen LogP) is 4.32. The summed E-state index contributed by atoms with van der Waals surface area (Å²) in [5.74, 6) is 0.344. The van der Waals surface area contributed by atoms with E-state index < -0.39 is 6.10 Å². The number of benzene rings is 2. The van der Waals surface area contributed by atoms with Gasteiger partial charge in [-0.05, 0) is 70.0 Å². The number of anilines is 1. The number of aryl methyl sites for hydroxylation is 1. The highest BCUT2D eigenvalue weighted by atomic mass is 16.5. The van der Waals surface area contributed by atoms with E-state index in [1.807, 2.05) is 58.9 Å². The van der Waals surface area contributed by atoms with Crippen molar-refractivity contribution in [2.75, 3.05) is 5.32 Å². The van der Waals surface area contributed by atoms with Gasteiger partial charge >= 0.3 is 0 Å². The Morgan fingerprint density at radius 2 is 1.67 bits per heavy atom. The molecule has 0 aliphatic carbocycles. The molecular weight excluding hydrogens is 340 g/mol. The largest absolute Gasteiger partial charge is 0.480 e. The molecule has 0 aliphatic rings. The van der Waals surface area contributed by atoms with Gasteiger partial charge in [-0.25, -0.2) is 0 Å². The molecule has 0 bridgehead atoms. The van der Waals surface area contributed by atoms with Gasteiger partial charge < -0.3 is 15.4 Å². The Bertz CT molecular complexity index is 792. The minimum Gasteiger partial charge on any atom is -0.480 e. The van der Waals surface area contributed by atoms with E-state index >= 15 is 0 Å². The van der Waals surface area contributed by atoms with Gasteiger partial charge in [0.05, 0.1) is 0 Å². The number of carbonyl (C=O) groups is 2. The van der Waals surface area contributed by atoms with E-state index in [2.05, 4.69) is 10.6 Å². The Morgan fingerprint density at radius 1 is 1.04 bits per heavy atom. The van der Waals surface area contributed by atoms with Crippen LogP contribution in [0.3, 0.4) is 0 Å². The molecule has 2 N–H and O–H groups in total. The van der Waals surface area contributed by atoms with Crippen molar-refractivity contribution in [2.24, 2.45) is 0 Å². The summed E-state index contributed by atoms with van der Waals surface area (Å²) in [6.45, 7) is 9.64. The lowest BCUT2D eigenvalue weighted by Crippen LogP contribution is -2.40. The quantitative estimate of drug-likeness (QED) is 0.798. The number of rotatable bonds is 6. The molecule has 0 spiro atoms. The van der Waals surface area contributed by atoms with Crippen molar-refractivity contribution < 1.29 is 14.3 Å². The second-order valence-corrected chi connectivity index (χ2v) is 7.55. The molecule has 0 fully saturated rings. The van der Waals surface area contributed by atoms with Crippen molar-refractivity contribution in [3.8, 4) is 5.75 Å². The molecule has 0 aromatic heterocycles. The normalized spacial score (nSPS) is 12.2. The fraction of sp³-hybridized carbons (Fsp3) is 0.364. The van der Waals surface area contributed by atoms with Crippen LogP contribution in [-0.2, 0) is 4.79 Å². The Hall–Kier alpha value is -2.82. The number of hydrogen-bond acceptors (Lipinski definition) is 3. The van der Waals surface area contributed by atoms with Crippen LogP contribution in [0.4, 0.5) is 5.69 Å². The Balaban J connectivity index is 2.01. The summed E-state index contributed by atoms with van der Waals surface area (Å²) in [6.07, 6.45) is -0.0401. The maximum absolute atomic E-state index is 12.6. The number of ether oxygens (including phenoxy) is 1. The molecule has 144 valence electrons. The van der Waals surface area contributed by atoms with Crippen molar-refractivity contribution >= 4 is 17.5 Å². The summed E-state index contributed by atoms with van der Waals surface area (Å²) in [5, 5.41) is 5.76. The van der Waals surface area contributed by atoms with Gasteiger partial charge in [0.2, 0.25) is 0 Å². The molecule has 2 aromatic carbocycles. The van der Waals surface area contributed by atoms with Crippen LogP contribution in [0.5, 0.6) is 5.75 Å². The molecular formula is C22H28N2O3. The number of para-hydroxylation sites is 1. The van der Waals surface area contributed by atoms with Crippen LogP contribution < -0.4 is 15.4 Å². The third-order valence-electron chi connectivity index (χ3n) is 3.93. The number of hydrogen-bond donors (Lipinski definition) is 2. The lowest BCUT2D eigenvalue weighted by atomic mass is 10.1. The van der Waals surface area contributed by atoms with E-state index in [-0.39, 0.29) is 17.4 Å². The lowest BCUT2D eigenvalue weighted by molar-refractivity contribution is -0.122. The molecule has 0 saturated carbocycles. The minimum atomic E-state index is -0.588. The fourth-order valence-corrected chi connectivity index (χ4v) is 2.50. The third kappa shape index (κ3) is 6.13. The SMILES string of the molecule is CCC(Oc1ccccc1C)C(=O)Nc1ccc(C(=O)NC(C)(C)C)cc1. The van der Waals surface area contributed by atoms with E-state index in [9.17, 15) is 9.59 Å². The van der Waals surface area contributed by atoms with Crippen LogP contribution in [-0.4, -0.2) is 23.5 Å². The first-order valence-corrected chi connectivity index (χ1v) is 9.15.